The molecule has 1 fully saturated rings. The summed E-state index contributed by atoms with van der Waals surface area (Å²) in [6, 6.07) is 13.3. The van der Waals surface area contributed by atoms with E-state index in [0.717, 1.165) is 49.4 Å². The second-order valence-corrected chi connectivity index (χ2v) is 7.46. The van der Waals surface area contributed by atoms with Crippen LogP contribution in [0, 0.1) is 0 Å². The van der Waals surface area contributed by atoms with Crippen molar-refractivity contribution in [2.45, 2.75) is 25.3 Å². The second-order valence-electron chi connectivity index (χ2n) is 7.46. The number of rotatable bonds is 7. The van der Waals surface area contributed by atoms with E-state index in [-0.39, 0.29) is 17.9 Å². The van der Waals surface area contributed by atoms with Gasteiger partial charge in [0.1, 0.15) is 11.5 Å². The highest BCUT2D eigenvalue weighted by Gasteiger charge is 2.35. The number of benzene rings is 2. The molecule has 2 aliphatic heterocycles. The Morgan fingerprint density at radius 1 is 0.966 bits per heavy atom. The van der Waals surface area contributed by atoms with Crippen molar-refractivity contribution in [3.8, 4) is 11.5 Å². The van der Waals surface area contributed by atoms with Gasteiger partial charge in [-0.2, -0.15) is 0 Å². The number of hydrogen-bond acceptors (Lipinski definition) is 5. The van der Waals surface area contributed by atoms with Gasteiger partial charge in [-0.1, -0.05) is 18.2 Å². The van der Waals surface area contributed by atoms with Crippen molar-refractivity contribution in [1.29, 1.82) is 0 Å². The quantitative estimate of drug-likeness (QED) is 0.673. The number of fused-ring (bicyclic) bond motifs is 1. The van der Waals surface area contributed by atoms with E-state index < -0.39 is 0 Å². The molecule has 1 atom stereocenters. The molecule has 0 aromatic heterocycles. The maximum Gasteiger partial charge on any atom is 0.261 e. The van der Waals surface area contributed by atoms with Crippen LogP contribution in [0.4, 0.5) is 0 Å². The Bertz CT molecular complexity index is 892. The highest BCUT2D eigenvalue weighted by molar-refractivity contribution is 6.21. The molecular formula is C23H26N2O4. The number of ether oxygens (including phenoxy) is 2. The lowest BCUT2D eigenvalue weighted by molar-refractivity contribution is 0.0646. The SMILES string of the molecule is COc1ccc(C2CCCN2CCCN2C(=O)c3ccccc3C2=O)c(OC)c1. The van der Waals surface area contributed by atoms with Gasteiger partial charge in [-0.25, -0.2) is 0 Å². The highest BCUT2D eigenvalue weighted by Crippen LogP contribution is 2.38. The number of imide groups is 1. The minimum Gasteiger partial charge on any atom is -0.497 e. The second kappa shape index (κ2) is 8.25. The summed E-state index contributed by atoms with van der Waals surface area (Å²) in [6.45, 7) is 2.27. The van der Waals surface area contributed by atoms with Gasteiger partial charge in [0.2, 0.25) is 0 Å². The summed E-state index contributed by atoms with van der Waals surface area (Å²) in [5.41, 5.74) is 2.19. The summed E-state index contributed by atoms with van der Waals surface area (Å²) in [4.78, 5) is 28.9. The maximum absolute atomic E-state index is 12.5. The van der Waals surface area contributed by atoms with Crippen LogP contribution in [0.1, 0.15) is 51.6 Å². The van der Waals surface area contributed by atoms with Crippen LogP contribution in [-0.4, -0.2) is 55.5 Å². The molecule has 0 N–H and O–H groups in total. The zero-order valence-electron chi connectivity index (χ0n) is 16.9. The third-order valence-corrected chi connectivity index (χ3v) is 5.87. The molecule has 6 heteroatoms. The smallest absolute Gasteiger partial charge is 0.261 e. The fraction of sp³-hybridized carbons (Fsp3) is 0.391. The van der Waals surface area contributed by atoms with E-state index >= 15 is 0 Å². The van der Waals surface area contributed by atoms with E-state index in [1.54, 1.807) is 38.5 Å². The molecule has 152 valence electrons. The number of carbonyl (C=O) groups excluding carboxylic acids is 2. The molecule has 2 heterocycles. The van der Waals surface area contributed by atoms with E-state index in [9.17, 15) is 9.59 Å². The number of likely N-dealkylation sites (tertiary alicyclic amines) is 1. The van der Waals surface area contributed by atoms with Crippen molar-refractivity contribution in [2.75, 3.05) is 33.9 Å². The Morgan fingerprint density at radius 3 is 2.34 bits per heavy atom. The van der Waals surface area contributed by atoms with E-state index in [4.69, 9.17) is 9.47 Å². The summed E-state index contributed by atoms with van der Waals surface area (Å²) in [6.07, 6.45) is 2.93. The van der Waals surface area contributed by atoms with Gasteiger partial charge in [-0.15, -0.1) is 0 Å². The zero-order valence-corrected chi connectivity index (χ0v) is 16.9. The van der Waals surface area contributed by atoms with Crippen LogP contribution in [0.3, 0.4) is 0 Å². The number of carbonyl (C=O) groups is 2. The van der Waals surface area contributed by atoms with Gasteiger partial charge < -0.3 is 9.47 Å². The van der Waals surface area contributed by atoms with Crippen molar-refractivity contribution in [3.63, 3.8) is 0 Å². The Morgan fingerprint density at radius 2 is 1.69 bits per heavy atom. The summed E-state index contributed by atoms with van der Waals surface area (Å²) in [5, 5.41) is 0. The van der Waals surface area contributed by atoms with Crippen LogP contribution in [0.5, 0.6) is 11.5 Å². The zero-order chi connectivity index (χ0) is 20.4. The molecule has 0 saturated carbocycles. The molecule has 29 heavy (non-hydrogen) atoms. The standard InChI is InChI=1S/C23H26N2O4/c1-28-16-10-11-19(21(15-16)29-2)20-9-5-12-24(20)13-6-14-25-22(26)17-7-3-4-8-18(17)23(25)27/h3-4,7-8,10-11,15,20H,5-6,9,12-14H2,1-2H3. The molecule has 2 aromatic rings. The first-order valence-electron chi connectivity index (χ1n) is 10.0. The van der Waals surface area contributed by atoms with Crippen molar-refractivity contribution < 1.29 is 19.1 Å². The number of methoxy groups -OCH3 is 2. The average Bonchev–Trinajstić information content (AvgIpc) is 3.32. The molecule has 6 nitrogen and oxygen atoms in total. The number of amides is 2. The lowest BCUT2D eigenvalue weighted by atomic mass is 10.0. The largest absolute Gasteiger partial charge is 0.497 e. The molecule has 0 aliphatic carbocycles. The van der Waals surface area contributed by atoms with Gasteiger partial charge >= 0.3 is 0 Å². The molecule has 2 amide bonds. The maximum atomic E-state index is 12.5. The molecule has 0 bridgehead atoms. The van der Waals surface area contributed by atoms with Crippen LogP contribution in [0.2, 0.25) is 0 Å². The predicted octanol–water partition coefficient (Wildman–Crippen LogP) is 3.53. The fourth-order valence-electron chi connectivity index (χ4n) is 4.41. The number of hydrogen-bond donors (Lipinski definition) is 0. The van der Waals surface area contributed by atoms with Crippen molar-refractivity contribution >= 4 is 11.8 Å². The Labute approximate surface area is 171 Å². The first-order valence-corrected chi connectivity index (χ1v) is 10.0. The molecule has 2 aliphatic rings. The lowest BCUT2D eigenvalue weighted by Crippen LogP contribution is -2.33. The minimum absolute atomic E-state index is 0.180. The minimum atomic E-state index is -0.180. The Balaban J connectivity index is 1.40. The predicted molar refractivity (Wildman–Crippen MR) is 110 cm³/mol. The van der Waals surface area contributed by atoms with Gasteiger partial charge in [-0.3, -0.25) is 19.4 Å². The third-order valence-electron chi connectivity index (χ3n) is 5.87. The fourth-order valence-corrected chi connectivity index (χ4v) is 4.41. The average molecular weight is 394 g/mol. The summed E-state index contributed by atoms with van der Waals surface area (Å²) in [5.74, 6) is 1.25. The highest BCUT2D eigenvalue weighted by atomic mass is 16.5. The number of nitrogens with zero attached hydrogens (tertiary/aromatic N) is 2. The molecule has 1 saturated heterocycles. The Hall–Kier alpha value is -2.86. The topological polar surface area (TPSA) is 59.1 Å². The summed E-state index contributed by atoms with van der Waals surface area (Å²) >= 11 is 0. The monoisotopic (exact) mass is 394 g/mol. The van der Waals surface area contributed by atoms with Crippen LogP contribution < -0.4 is 9.47 Å². The van der Waals surface area contributed by atoms with Crippen molar-refractivity contribution in [2.24, 2.45) is 0 Å². The van der Waals surface area contributed by atoms with E-state index in [2.05, 4.69) is 11.0 Å². The molecule has 2 aromatic carbocycles. The van der Waals surface area contributed by atoms with Crippen molar-refractivity contribution in [3.05, 3.63) is 59.2 Å². The van der Waals surface area contributed by atoms with Crippen LogP contribution in [-0.2, 0) is 0 Å². The third kappa shape index (κ3) is 3.60. The summed E-state index contributed by atoms with van der Waals surface area (Å²) in [7, 11) is 3.33. The first-order chi connectivity index (χ1) is 14.1. The van der Waals surface area contributed by atoms with Crippen molar-refractivity contribution in [1.82, 2.24) is 9.80 Å². The lowest BCUT2D eigenvalue weighted by Gasteiger charge is -2.27. The first kappa shape index (κ1) is 19.5. The molecule has 1 unspecified atom stereocenters. The van der Waals surface area contributed by atoms with Crippen LogP contribution in [0.25, 0.3) is 0 Å². The van der Waals surface area contributed by atoms with E-state index in [0.29, 0.717) is 17.7 Å². The van der Waals surface area contributed by atoms with Crippen LogP contribution in [0.15, 0.2) is 42.5 Å². The molecule has 0 radical (unpaired) electrons. The van der Waals surface area contributed by atoms with Gasteiger partial charge in [0.15, 0.2) is 0 Å². The summed E-state index contributed by atoms with van der Waals surface area (Å²) < 4.78 is 10.9. The van der Waals surface area contributed by atoms with Gasteiger partial charge in [0.25, 0.3) is 11.8 Å². The van der Waals surface area contributed by atoms with Gasteiger partial charge in [0.05, 0.1) is 25.3 Å². The Kier molecular flexibility index (Phi) is 5.53. The van der Waals surface area contributed by atoms with E-state index in [1.165, 1.54) is 4.90 Å². The van der Waals surface area contributed by atoms with E-state index in [1.807, 2.05) is 12.1 Å². The van der Waals surface area contributed by atoms with Crippen LogP contribution >= 0.6 is 0 Å². The van der Waals surface area contributed by atoms with Gasteiger partial charge in [-0.05, 0) is 44.0 Å². The molecule has 0 spiro atoms. The van der Waals surface area contributed by atoms with Gasteiger partial charge in [0, 0.05) is 30.8 Å². The molecular weight excluding hydrogens is 368 g/mol. The normalized spacial score (nSPS) is 19.0. The molecule has 4 rings (SSSR count).